The quantitative estimate of drug-likeness (QED) is 0.0208. The van der Waals surface area contributed by atoms with Crippen LogP contribution in [0.25, 0.3) is 21.5 Å². The summed E-state index contributed by atoms with van der Waals surface area (Å²) in [6.45, 7) is 3.73. The Labute approximate surface area is 469 Å². The van der Waals surface area contributed by atoms with Crippen molar-refractivity contribution in [2.45, 2.75) is 69.0 Å². The highest BCUT2D eigenvalue weighted by Crippen LogP contribution is 2.75. The molecule has 7 amide bonds. The largest absolute Gasteiger partial charge is 0.524 e. The van der Waals surface area contributed by atoms with Crippen molar-refractivity contribution in [2.75, 3.05) is 87.3 Å². The second-order valence-corrected chi connectivity index (χ2v) is 25.5. The smallest absolute Gasteiger partial charge is 0.448 e. The number of phosphoric ester groups is 1. The Morgan fingerprint density at radius 3 is 1.82 bits per heavy atom. The van der Waals surface area contributed by atoms with Crippen molar-refractivity contribution in [1.29, 1.82) is 0 Å². The molecule has 0 aromatic heterocycles. The van der Waals surface area contributed by atoms with Crippen LogP contribution in [-0.2, 0) is 33.3 Å². The Kier molecular flexibility index (Phi) is 17.3. The number of nitrogens with one attached hydrogen (secondary N) is 1. The van der Waals surface area contributed by atoms with Crippen LogP contribution < -0.4 is 24.4 Å². The first-order valence-electron chi connectivity index (χ1n) is 25.8. The van der Waals surface area contributed by atoms with Gasteiger partial charge in [-0.2, -0.15) is 0 Å². The molecule has 10 rings (SSSR count). The van der Waals surface area contributed by atoms with Crippen LogP contribution in [0, 0.1) is 10.8 Å². The molecular formula is C54H61Cl2N6O13PS2. The van der Waals surface area contributed by atoms with Crippen molar-refractivity contribution < 1.29 is 61.9 Å². The van der Waals surface area contributed by atoms with Crippen molar-refractivity contribution in [1.82, 2.24) is 20.0 Å². The fourth-order valence-corrected chi connectivity index (χ4v) is 14.4. The van der Waals surface area contributed by atoms with Crippen LogP contribution in [0.3, 0.4) is 0 Å². The molecule has 24 heteroatoms. The number of halogens is 2. The molecule has 19 nitrogen and oxygen atoms in total. The summed E-state index contributed by atoms with van der Waals surface area (Å²) in [5.74, 6) is -0.186. The third-order valence-corrected chi connectivity index (χ3v) is 19.3. The molecule has 3 fully saturated rings. The lowest BCUT2D eigenvalue weighted by Crippen LogP contribution is -2.73. The standard InChI is InChI=1S/C54H61Cl2N6O13PS2/c1-33(78-77-22-18-57-44(63)15-5-4-10-19-60-45(64)16-17-46(60)65)29-73-51(68)58(2)20-21-59(3)52(69)74-42-23-40-47(38-13-8-6-11-36(38)42)34(25-55)27-61(40)49(66)53-30-54(31-53,32-53)50(67)62-28-35(26-56)48-39-14-9-7-12-37(39)43(24-41(48)62)75-76(70,71)72/h6-9,11-14,16-17,23-24,33-35H,4-5,10,15,18-22,25-32H2,1-3H3,(H,57,63)(H2,70,71,72)/t33-,34-,35-,53?,54?/m1/s1. The number of amides is 7. The Hall–Kier alpha value is -5.54. The average molecular weight is 1170 g/mol. The lowest BCUT2D eigenvalue weighted by Gasteiger charge is -2.69. The van der Waals surface area contributed by atoms with Gasteiger partial charge in [-0.15, -0.1) is 23.2 Å². The molecule has 3 atom stereocenters. The summed E-state index contributed by atoms with van der Waals surface area (Å²) in [7, 11) is 1.27. The first kappa shape index (κ1) is 57.2. The zero-order valence-corrected chi connectivity index (χ0v) is 47.4. The fourth-order valence-electron chi connectivity index (χ4n) is 11.4. The number of fused-ring (bicyclic) bond motifs is 6. The molecule has 3 aliphatic heterocycles. The average Bonchev–Trinajstić information content (AvgIpc) is 1.84. The highest BCUT2D eigenvalue weighted by molar-refractivity contribution is 8.76. The van der Waals surface area contributed by atoms with Crippen LogP contribution in [0.15, 0.2) is 72.8 Å². The number of hydrogen-bond donors (Lipinski definition) is 3. The molecule has 0 unspecified atom stereocenters. The van der Waals surface area contributed by atoms with Gasteiger partial charge in [-0.1, -0.05) is 76.5 Å². The van der Waals surface area contributed by atoms with Crippen molar-refractivity contribution >= 4 is 127 Å². The van der Waals surface area contributed by atoms with Gasteiger partial charge in [0.1, 0.15) is 18.1 Å². The number of anilines is 2. The van der Waals surface area contributed by atoms with Gasteiger partial charge in [0.2, 0.25) is 17.7 Å². The zero-order valence-electron chi connectivity index (χ0n) is 43.3. The molecule has 416 valence electrons. The Morgan fingerprint density at radius 2 is 1.28 bits per heavy atom. The molecule has 3 heterocycles. The van der Waals surface area contributed by atoms with Gasteiger partial charge >= 0.3 is 20.0 Å². The number of likely N-dealkylation sites (N-methyl/N-ethyl adjacent to an activating group) is 2. The van der Waals surface area contributed by atoms with E-state index in [1.807, 2.05) is 37.3 Å². The summed E-state index contributed by atoms with van der Waals surface area (Å²) in [6, 6.07) is 17.7. The fraction of sp³-hybridized carbons (Fsp3) is 0.463. The normalized spacial score (nSPS) is 21.2. The molecule has 3 saturated carbocycles. The molecule has 0 saturated heterocycles. The lowest BCUT2D eigenvalue weighted by atomic mass is 9.34. The van der Waals surface area contributed by atoms with Gasteiger partial charge in [0.15, 0.2) is 0 Å². The van der Waals surface area contributed by atoms with Crippen molar-refractivity contribution in [2.24, 2.45) is 10.8 Å². The Balaban J connectivity index is 0.753. The van der Waals surface area contributed by atoms with E-state index in [0.717, 1.165) is 22.9 Å². The minimum absolute atomic E-state index is 0.0400. The van der Waals surface area contributed by atoms with E-state index in [1.54, 1.807) is 59.0 Å². The molecule has 2 bridgehead atoms. The molecule has 78 heavy (non-hydrogen) atoms. The topological polar surface area (TPSA) is 233 Å². The number of benzene rings is 4. The summed E-state index contributed by atoms with van der Waals surface area (Å²) in [5, 5.41) is 5.47. The molecular weight excluding hydrogens is 1110 g/mol. The molecule has 4 aromatic carbocycles. The van der Waals surface area contributed by atoms with Gasteiger partial charge < -0.3 is 38.9 Å². The van der Waals surface area contributed by atoms with Crippen LogP contribution in [0.4, 0.5) is 21.0 Å². The van der Waals surface area contributed by atoms with E-state index in [9.17, 15) is 47.9 Å². The van der Waals surface area contributed by atoms with Gasteiger partial charge in [0, 0.05) is 129 Å². The van der Waals surface area contributed by atoms with E-state index >= 15 is 0 Å². The maximum Gasteiger partial charge on any atom is 0.524 e. The van der Waals surface area contributed by atoms with Crippen LogP contribution in [0.2, 0.25) is 0 Å². The third kappa shape index (κ3) is 11.7. The number of alkyl halides is 2. The third-order valence-electron chi connectivity index (χ3n) is 15.2. The molecule has 6 aliphatic rings. The summed E-state index contributed by atoms with van der Waals surface area (Å²) in [4.78, 5) is 118. The van der Waals surface area contributed by atoms with Crippen LogP contribution in [-0.4, -0.2) is 149 Å². The highest BCUT2D eigenvalue weighted by Gasteiger charge is 2.76. The van der Waals surface area contributed by atoms with Crippen LogP contribution >= 0.6 is 52.6 Å². The minimum atomic E-state index is -4.95. The predicted molar refractivity (Wildman–Crippen MR) is 300 cm³/mol. The lowest BCUT2D eigenvalue weighted by molar-refractivity contribution is -0.205. The summed E-state index contributed by atoms with van der Waals surface area (Å²) in [5.41, 5.74) is 1.09. The predicted octanol–water partition coefficient (Wildman–Crippen LogP) is 8.54. The molecule has 4 aromatic rings. The van der Waals surface area contributed by atoms with Gasteiger partial charge in [-0.25, -0.2) is 14.2 Å². The minimum Gasteiger partial charge on any atom is -0.448 e. The highest BCUT2D eigenvalue weighted by atomic mass is 35.5. The summed E-state index contributed by atoms with van der Waals surface area (Å²) < 4.78 is 28.8. The van der Waals surface area contributed by atoms with E-state index in [0.29, 0.717) is 91.4 Å². The maximum atomic E-state index is 14.8. The number of carbonyl (C=O) groups is 7. The van der Waals surface area contributed by atoms with E-state index in [4.69, 9.17) is 37.2 Å². The number of rotatable bonds is 23. The van der Waals surface area contributed by atoms with E-state index in [1.165, 1.54) is 43.7 Å². The van der Waals surface area contributed by atoms with E-state index < -0.39 is 30.8 Å². The molecule has 3 aliphatic carbocycles. The van der Waals surface area contributed by atoms with Gasteiger partial charge in [-0.05, 0) is 60.9 Å². The van der Waals surface area contributed by atoms with Crippen molar-refractivity contribution in [3.05, 3.63) is 83.9 Å². The maximum absolute atomic E-state index is 14.8. The first-order valence-corrected chi connectivity index (χ1v) is 30.8. The van der Waals surface area contributed by atoms with E-state index in [-0.39, 0.29) is 96.1 Å². The van der Waals surface area contributed by atoms with Gasteiger partial charge in [0.25, 0.3) is 11.8 Å². The molecule has 3 N–H and O–H groups in total. The van der Waals surface area contributed by atoms with Gasteiger partial charge in [0.05, 0.1) is 22.2 Å². The number of hydrogen-bond acceptors (Lipinski definition) is 13. The molecule has 0 radical (unpaired) electrons. The number of unbranched alkanes of at least 4 members (excludes halogenated alkanes) is 2. The second-order valence-electron chi connectivity index (χ2n) is 20.8. The Bertz CT molecular complexity index is 3110. The number of ether oxygens (including phenoxy) is 2. The molecule has 0 spiro atoms. The number of nitrogens with zero attached hydrogens (tertiary/aromatic N) is 5. The van der Waals surface area contributed by atoms with Crippen molar-refractivity contribution in [3.63, 3.8) is 0 Å². The monoisotopic (exact) mass is 1170 g/mol. The van der Waals surface area contributed by atoms with Crippen LogP contribution in [0.5, 0.6) is 11.5 Å². The summed E-state index contributed by atoms with van der Waals surface area (Å²) >= 11 is 13.1. The van der Waals surface area contributed by atoms with Gasteiger partial charge in [-0.3, -0.25) is 38.7 Å². The SMILES string of the molecule is C[C@H](COC(=O)N(C)CCN(C)C(=O)Oc1cc2c(c3ccccc13)[C@H](CCl)CN2C(=O)C12CC(C(=O)N3C[C@@H](CCl)c4c3cc(OP(=O)(O)O)c3ccccc43)(C1)C2)SSCCNC(=O)CCCCCN1C(=O)C=CC1=O. The first-order chi connectivity index (χ1) is 37.3. The van der Waals surface area contributed by atoms with Crippen molar-refractivity contribution in [3.8, 4) is 11.5 Å². The number of carbonyl (C=O) groups excluding carboxylic acids is 7. The van der Waals surface area contributed by atoms with E-state index in [2.05, 4.69) is 5.32 Å². The zero-order chi connectivity index (χ0) is 55.7. The number of imide groups is 1. The second kappa shape index (κ2) is 23.7. The number of phosphoric acid groups is 1. The Morgan fingerprint density at radius 1 is 0.769 bits per heavy atom. The summed E-state index contributed by atoms with van der Waals surface area (Å²) in [6.07, 6.45) is 4.60. The van der Waals surface area contributed by atoms with Crippen LogP contribution in [0.1, 0.15) is 74.8 Å².